The Balaban J connectivity index is 2.27. The van der Waals surface area contributed by atoms with Gasteiger partial charge in [-0.15, -0.1) is 0 Å². The molecule has 1 rings (SSSR count). The molecule has 1 heterocycles. The fourth-order valence-electron chi connectivity index (χ4n) is 9.10. The monoisotopic (exact) mass is 986 g/mol. The number of aliphatic hydroxyl groups excluding tert-OH is 5. The topological polar surface area (TPSA) is 149 Å². The van der Waals surface area contributed by atoms with E-state index in [0.29, 0.717) is 6.42 Å². The predicted octanol–water partition coefficient (Wildman–Crippen LogP) is 14.7. The summed E-state index contributed by atoms with van der Waals surface area (Å²) in [6.07, 6.45) is 61.4. The van der Waals surface area contributed by atoms with E-state index < -0.39 is 49.5 Å². The highest BCUT2D eigenvalue weighted by atomic mass is 16.7. The standard InChI is InChI=1S/C61H111NO8/c1-3-5-7-9-11-13-15-17-19-21-23-25-27-28-29-31-33-35-37-39-41-43-45-47-49-51-57(65)62-54(53-69-61-60(68)59(67)58(66)56(52-63)70-61)55(64)50-48-46-44-42-40-38-36-34-32-30-26-24-22-20-18-16-14-12-10-8-6-4-2/h23,25,28-29,32,34,40,42,48,50,54-56,58-61,63-64,66-68H,3-22,24,26-27,30-31,33,35-39,41,43-47,49,51-53H2,1-2H3,(H,62,65)/b25-23-,29-28-,34-32+,42-40+,50-48+. The molecule has 9 nitrogen and oxygen atoms in total. The average Bonchev–Trinajstić information content (AvgIpc) is 3.36. The first-order chi connectivity index (χ1) is 34.3. The normalized spacial score (nSPS) is 19.8. The minimum absolute atomic E-state index is 0.194. The zero-order valence-electron chi connectivity index (χ0n) is 45.3. The Hall–Kier alpha value is -2.11. The smallest absolute Gasteiger partial charge is 0.220 e. The molecule has 0 bridgehead atoms. The Labute approximate surface area is 430 Å². The Morgan fingerprint density at radius 2 is 0.857 bits per heavy atom. The lowest BCUT2D eigenvalue weighted by Crippen LogP contribution is -2.60. The van der Waals surface area contributed by atoms with Crippen molar-refractivity contribution in [2.24, 2.45) is 0 Å². The lowest BCUT2D eigenvalue weighted by atomic mass is 9.99. The highest BCUT2D eigenvalue weighted by molar-refractivity contribution is 5.76. The molecule has 1 aliphatic rings. The molecule has 1 fully saturated rings. The molecule has 0 aromatic carbocycles. The van der Waals surface area contributed by atoms with Crippen molar-refractivity contribution in [3.05, 3.63) is 60.8 Å². The number of ether oxygens (including phenoxy) is 2. The second kappa shape index (κ2) is 50.4. The van der Waals surface area contributed by atoms with Crippen LogP contribution in [0.1, 0.15) is 264 Å². The third kappa shape index (κ3) is 39.4. The summed E-state index contributed by atoms with van der Waals surface area (Å²) in [5, 5.41) is 54.5. The van der Waals surface area contributed by atoms with Crippen LogP contribution in [0.4, 0.5) is 0 Å². The van der Waals surface area contributed by atoms with Gasteiger partial charge in [0.1, 0.15) is 24.4 Å². The lowest BCUT2D eigenvalue weighted by Gasteiger charge is -2.40. The molecule has 0 radical (unpaired) electrons. The van der Waals surface area contributed by atoms with Crippen molar-refractivity contribution in [1.29, 1.82) is 0 Å². The summed E-state index contributed by atoms with van der Waals surface area (Å²) in [7, 11) is 0. The molecule has 6 N–H and O–H groups in total. The molecule has 0 aliphatic carbocycles. The number of rotatable bonds is 50. The van der Waals surface area contributed by atoms with Gasteiger partial charge in [-0.1, -0.05) is 242 Å². The third-order valence-corrected chi connectivity index (χ3v) is 13.8. The molecule has 70 heavy (non-hydrogen) atoms. The second-order valence-electron chi connectivity index (χ2n) is 20.4. The second-order valence-corrected chi connectivity index (χ2v) is 20.4. The largest absolute Gasteiger partial charge is 0.394 e. The molecule has 0 aromatic heterocycles. The van der Waals surface area contributed by atoms with E-state index in [1.165, 1.54) is 180 Å². The molecule has 1 aliphatic heterocycles. The quantitative estimate of drug-likeness (QED) is 0.0261. The van der Waals surface area contributed by atoms with E-state index in [1.807, 2.05) is 6.08 Å². The van der Waals surface area contributed by atoms with Crippen LogP contribution in [-0.2, 0) is 14.3 Å². The Bertz CT molecular complexity index is 1280. The van der Waals surface area contributed by atoms with Crippen LogP contribution in [0.3, 0.4) is 0 Å². The van der Waals surface area contributed by atoms with Crippen LogP contribution in [0.15, 0.2) is 60.8 Å². The van der Waals surface area contributed by atoms with Crippen LogP contribution in [-0.4, -0.2) is 87.5 Å². The fourth-order valence-corrected chi connectivity index (χ4v) is 9.10. The number of allylic oxidation sites excluding steroid dienone is 9. The third-order valence-electron chi connectivity index (χ3n) is 13.8. The first-order valence-electron chi connectivity index (χ1n) is 29.5. The molecular formula is C61H111NO8. The van der Waals surface area contributed by atoms with Crippen LogP contribution in [0, 0.1) is 0 Å². The molecule has 1 amide bonds. The minimum atomic E-state index is -1.58. The van der Waals surface area contributed by atoms with Gasteiger partial charge < -0.3 is 40.3 Å². The number of carbonyl (C=O) groups excluding carboxylic acids is 1. The van der Waals surface area contributed by atoms with Gasteiger partial charge in [0.25, 0.3) is 0 Å². The van der Waals surface area contributed by atoms with Crippen LogP contribution < -0.4 is 5.32 Å². The van der Waals surface area contributed by atoms with Crippen LogP contribution in [0.2, 0.25) is 0 Å². The first kappa shape index (κ1) is 65.9. The van der Waals surface area contributed by atoms with Crippen molar-refractivity contribution in [3.8, 4) is 0 Å². The number of carbonyl (C=O) groups is 1. The van der Waals surface area contributed by atoms with Gasteiger partial charge in [-0.25, -0.2) is 0 Å². The summed E-state index contributed by atoms with van der Waals surface area (Å²) in [5.74, 6) is -0.194. The van der Waals surface area contributed by atoms with Gasteiger partial charge in [0, 0.05) is 6.42 Å². The van der Waals surface area contributed by atoms with Crippen molar-refractivity contribution in [2.45, 2.75) is 307 Å². The fraction of sp³-hybridized carbons (Fsp3) is 0.820. The summed E-state index contributed by atoms with van der Waals surface area (Å²) in [5.41, 5.74) is 0. The number of nitrogens with one attached hydrogen (secondary N) is 1. The SMILES string of the molecule is CCCCCCCCCCC/C=C\C/C=C\CCCCCCCCCCCC(=O)NC(COC1OC(CO)C(O)C(O)C1O)C(O)/C=C/CC/C=C/CC/C=C/CCCCCCCCCCCCCC. The maximum atomic E-state index is 13.1. The van der Waals surface area contributed by atoms with Crippen molar-refractivity contribution in [1.82, 2.24) is 5.32 Å². The molecule has 1 saturated heterocycles. The van der Waals surface area contributed by atoms with Crippen molar-refractivity contribution >= 4 is 5.91 Å². The highest BCUT2D eigenvalue weighted by Gasteiger charge is 2.44. The number of hydrogen-bond donors (Lipinski definition) is 6. The summed E-state index contributed by atoms with van der Waals surface area (Å²) in [6.45, 7) is 3.77. The van der Waals surface area contributed by atoms with Gasteiger partial charge >= 0.3 is 0 Å². The maximum Gasteiger partial charge on any atom is 0.220 e. The highest BCUT2D eigenvalue weighted by Crippen LogP contribution is 2.23. The summed E-state index contributed by atoms with van der Waals surface area (Å²) in [6, 6.07) is -0.833. The van der Waals surface area contributed by atoms with Gasteiger partial charge in [-0.3, -0.25) is 4.79 Å². The summed E-state index contributed by atoms with van der Waals surface area (Å²) < 4.78 is 11.3. The van der Waals surface area contributed by atoms with Gasteiger partial charge in [0.2, 0.25) is 5.91 Å². The van der Waals surface area contributed by atoms with Gasteiger partial charge in [-0.05, 0) is 77.0 Å². The van der Waals surface area contributed by atoms with Crippen molar-refractivity contribution in [3.63, 3.8) is 0 Å². The number of amides is 1. The van der Waals surface area contributed by atoms with Gasteiger partial charge in [-0.2, -0.15) is 0 Å². The molecule has 7 unspecified atom stereocenters. The molecule has 9 heteroatoms. The molecule has 408 valence electrons. The average molecular weight is 987 g/mol. The van der Waals surface area contributed by atoms with E-state index in [1.54, 1.807) is 6.08 Å². The zero-order valence-corrected chi connectivity index (χ0v) is 45.3. The lowest BCUT2D eigenvalue weighted by molar-refractivity contribution is -0.302. The maximum absolute atomic E-state index is 13.1. The van der Waals surface area contributed by atoms with Crippen LogP contribution in [0.25, 0.3) is 0 Å². The summed E-state index contributed by atoms with van der Waals surface area (Å²) >= 11 is 0. The van der Waals surface area contributed by atoms with Crippen molar-refractivity contribution < 1.29 is 39.8 Å². The van der Waals surface area contributed by atoms with E-state index in [0.717, 1.165) is 64.2 Å². The Morgan fingerprint density at radius 1 is 0.486 bits per heavy atom. The molecule has 0 spiro atoms. The zero-order chi connectivity index (χ0) is 50.8. The number of hydrogen-bond acceptors (Lipinski definition) is 8. The van der Waals surface area contributed by atoms with Crippen molar-refractivity contribution in [2.75, 3.05) is 13.2 Å². The van der Waals surface area contributed by atoms with Crippen LogP contribution in [0.5, 0.6) is 0 Å². The van der Waals surface area contributed by atoms with Crippen LogP contribution >= 0.6 is 0 Å². The minimum Gasteiger partial charge on any atom is -0.394 e. The first-order valence-corrected chi connectivity index (χ1v) is 29.5. The predicted molar refractivity (Wildman–Crippen MR) is 295 cm³/mol. The Morgan fingerprint density at radius 3 is 1.29 bits per heavy atom. The van der Waals surface area contributed by atoms with E-state index in [2.05, 4.69) is 67.8 Å². The summed E-state index contributed by atoms with van der Waals surface area (Å²) in [4.78, 5) is 13.1. The van der Waals surface area contributed by atoms with E-state index in [4.69, 9.17) is 9.47 Å². The molecule has 0 saturated carbocycles. The van der Waals surface area contributed by atoms with E-state index in [-0.39, 0.29) is 12.5 Å². The number of aliphatic hydroxyl groups is 5. The van der Waals surface area contributed by atoms with E-state index >= 15 is 0 Å². The van der Waals surface area contributed by atoms with Gasteiger partial charge in [0.05, 0.1) is 25.4 Å². The van der Waals surface area contributed by atoms with Gasteiger partial charge in [0.15, 0.2) is 6.29 Å². The number of unbranched alkanes of at least 4 members (excludes halogenated alkanes) is 32. The van der Waals surface area contributed by atoms with E-state index in [9.17, 15) is 30.3 Å². The molecular weight excluding hydrogens is 875 g/mol. The Kier molecular flexibility index (Phi) is 47.5. The molecule has 7 atom stereocenters. The molecule has 0 aromatic rings.